The van der Waals surface area contributed by atoms with E-state index in [-0.39, 0.29) is 11.9 Å². The highest BCUT2D eigenvalue weighted by Gasteiger charge is 2.15. The summed E-state index contributed by atoms with van der Waals surface area (Å²) in [7, 11) is 1.83. The van der Waals surface area contributed by atoms with Gasteiger partial charge in [0.25, 0.3) is 0 Å². The smallest absolute Gasteiger partial charge is 0.239 e. The molecule has 0 fully saturated rings. The van der Waals surface area contributed by atoms with Gasteiger partial charge < -0.3 is 10.2 Å². The summed E-state index contributed by atoms with van der Waals surface area (Å²) >= 11 is 0. The molecule has 1 atom stereocenters. The summed E-state index contributed by atoms with van der Waals surface area (Å²) in [6, 6.07) is -0.0626. The molecule has 0 saturated carbocycles. The fourth-order valence-corrected chi connectivity index (χ4v) is 0.986. The summed E-state index contributed by atoms with van der Waals surface area (Å²) in [6.45, 7) is 9.82. The van der Waals surface area contributed by atoms with E-state index in [1.807, 2.05) is 20.9 Å². The molecule has 0 aromatic rings. The Bertz CT molecular complexity index is 157. The van der Waals surface area contributed by atoms with Crippen LogP contribution in [0.5, 0.6) is 0 Å². The number of likely N-dealkylation sites (N-methyl/N-ethyl adjacent to an activating group) is 1. The van der Waals surface area contributed by atoms with Gasteiger partial charge in [0, 0.05) is 13.6 Å². The van der Waals surface area contributed by atoms with Crippen molar-refractivity contribution in [1.82, 2.24) is 10.2 Å². The molecule has 0 aliphatic carbocycles. The lowest BCUT2D eigenvalue weighted by Gasteiger charge is -2.21. The Morgan fingerprint density at radius 2 is 1.92 bits per heavy atom. The minimum atomic E-state index is -0.0626. The first kappa shape index (κ1) is 12.4. The monoisotopic (exact) mass is 186 g/mol. The highest BCUT2D eigenvalue weighted by atomic mass is 16.2. The van der Waals surface area contributed by atoms with E-state index in [1.54, 1.807) is 4.90 Å². The van der Waals surface area contributed by atoms with Crippen LogP contribution in [0.2, 0.25) is 0 Å². The maximum atomic E-state index is 11.6. The first-order chi connectivity index (χ1) is 5.99. The van der Waals surface area contributed by atoms with E-state index in [0.29, 0.717) is 5.92 Å². The molecule has 0 aliphatic heterocycles. The molecule has 0 aliphatic rings. The molecule has 1 amide bonds. The SMILES string of the molecule is CCN(C)C(=O)C(C)NCC(C)C. The second-order valence-electron chi connectivity index (χ2n) is 3.88. The van der Waals surface area contributed by atoms with Crippen LogP contribution in [-0.2, 0) is 4.79 Å². The number of hydrogen-bond donors (Lipinski definition) is 1. The van der Waals surface area contributed by atoms with Gasteiger partial charge in [0.15, 0.2) is 0 Å². The zero-order chi connectivity index (χ0) is 10.4. The average molecular weight is 186 g/mol. The molecule has 0 radical (unpaired) electrons. The maximum Gasteiger partial charge on any atom is 0.239 e. The third kappa shape index (κ3) is 4.88. The van der Waals surface area contributed by atoms with Crippen molar-refractivity contribution in [3.05, 3.63) is 0 Å². The Labute approximate surface area is 81.5 Å². The Balaban J connectivity index is 3.82. The summed E-state index contributed by atoms with van der Waals surface area (Å²) in [5.74, 6) is 0.755. The summed E-state index contributed by atoms with van der Waals surface area (Å²) in [5.41, 5.74) is 0. The van der Waals surface area contributed by atoms with Crippen LogP contribution in [0.25, 0.3) is 0 Å². The van der Waals surface area contributed by atoms with Crippen LogP contribution in [0, 0.1) is 5.92 Å². The van der Waals surface area contributed by atoms with Crippen LogP contribution in [0.15, 0.2) is 0 Å². The lowest BCUT2D eigenvalue weighted by atomic mass is 10.2. The van der Waals surface area contributed by atoms with E-state index < -0.39 is 0 Å². The Kier molecular flexibility index (Phi) is 5.71. The number of carbonyl (C=O) groups excluding carboxylic acids is 1. The first-order valence-corrected chi connectivity index (χ1v) is 4.97. The molecule has 0 aromatic carbocycles. The van der Waals surface area contributed by atoms with Crippen LogP contribution >= 0.6 is 0 Å². The van der Waals surface area contributed by atoms with Crippen LogP contribution < -0.4 is 5.32 Å². The van der Waals surface area contributed by atoms with E-state index in [0.717, 1.165) is 13.1 Å². The highest BCUT2D eigenvalue weighted by Crippen LogP contribution is 1.94. The molecule has 3 nitrogen and oxygen atoms in total. The van der Waals surface area contributed by atoms with Gasteiger partial charge in [0.05, 0.1) is 6.04 Å². The molecular formula is C10H22N2O. The molecule has 3 heteroatoms. The van der Waals surface area contributed by atoms with Gasteiger partial charge in [0.1, 0.15) is 0 Å². The molecule has 0 spiro atoms. The fraction of sp³-hybridized carbons (Fsp3) is 0.900. The molecule has 0 rings (SSSR count). The third-order valence-electron chi connectivity index (χ3n) is 2.05. The van der Waals surface area contributed by atoms with Crippen LogP contribution in [-0.4, -0.2) is 37.0 Å². The Hall–Kier alpha value is -0.570. The van der Waals surface area contributed by atoms with Crippen molar-refractivity contribution >= 4 is 5.91 Å². The Morgan fingerprint density at radius 3 is 2.31 bits per heavy atom. The molecule has 1 unspecified atom stereocenters. The number of carbonyl (C=O) groups is 1. The first-order valence-electron chi connectivity index (χ1n) is 4.97. The number of hydrogen-bond acceptors (Lipinski definition) is 2. The lowest BCUT2D eigenvalue weighted by molar-refractivity contribution is -0.131. The lowest BCUT2D eigenvalue weighted by Crippen LogP contribution is -2.44. The van der Waals surface area contributed by atoms with Gasteiger partial charge in [-0.15, -0.1) is 0 Å². The highest BCUT2D eigenvalue weighted by molar-refractivity contribution is 5.81. The normalized spacial score (nSPS) is 13.1. The van der Waals surface area contributed by atoms with Crippen molar-refractivity contribution in [2.45, 2.75) is 33.7 Å². The van der Waals surface area contributed by atoms with Gasteiger partial charge in [-0.05, 0) is 26.3 Å². The van der Waals surface area contributed by atoms with Crippen molar-refractivity contribution in [2.75, 3.05) is 20.1 Å². The molecule has 0 aromatic heterocycles. The zero-order valence-electron chi connectivity index (χ0n) is 9.42. The van der Waals surface area contributed by atoms with E-state index in [9.17, 15) is 4.79 Å². The summed E-state index contributed by atoms with van der Waals surface area (Å²) in [6.07, 6.45) is 0. The third-order valence-corrected chi connectivity index (χ3v) is 2.05. The Morgan fingerprint density at radius 1 is 1.38 bits per heavy atom. The summed E-state index contributed by atoms with van der Waals surface area (Å²) in [5, 5.41) is 3.21. The standard InChI is InChI=1S/C10H22N2O/c1-6-12(5)10(13)9(4)11-7-8(2)3/h8-9,11H,6-7H2,1-5H3. The van der Waals surface area contributed by atoms with Gasteiger partial charge in [-0.3, -0.25) is 4.79 Å². The average Bonchev–Trinajstić information content (AvgIpc) is 2.11. The molecule has 0 heterocycles. The number of nitrogens with one attached hydrogen (secondary N) is 1. The predicted octanol–water partition coefficient (Wildman–Crippen LogP) is 1.10. The van der Waals surface area contributed by atoms with Gasteiger partial charge in [-0.1, -0.05) is 13.8 Å². The van der Waals surface area contributed by atoms with Crippen molar-refractivity contribution in [3.63, 3.8) is 0 Å². The number of rotatable bonds is 5. The zero-order valence-corrected chi connectivity index (χ0v) is 9.42. The van der Waals surface area contributed by atoms with Gasteiger partial charge >= 0.3 is 0 Å². The van der Waals surface area contributed by atoms with E-state index >= 15 is 0 Å². The molecule has 1 N–H and O–H groups in total. The van der Waals surface area contributed by atoms with E-state index in [2.05, 4.69) is 19.2 Å². The van der Waals surface area contributed by atoms with Gasteiger partial charge in [-0.25, -0.2) is 0 Å². The largest absolute Gasteiger partial charge is 0.345 e. The molecule has 0 bridgehead atoms. The topological polar surface area (TPSA) is 32.3 Å². The predicted molar refractivity (Wildman–Crippen MR) is 55.6 cm³/mol. The summed E-state index contributed by atoms with van der Waals surface area (Å²) < 4.78 is 0. The van der Waals surface area contributed by atoms with Crippen LogP contribution in [0.3, 0.4) is 0 Å². The second kappa shape index (κ2) is 5.97. The van der Waals surface area contributed by atoms with Crippen LogP contribution in [0.4, 0.5) is 0 Å². The molecule has 13 heavy (non-hydrogen) atoms. The number of amides is 1. The second-order valence-corrected chi connectivity index (χ2v) is 3.88. The maximum absolute atomic E-state index is 11.6. The minimum absolute atomic E-state index is 0.0626. The fourth-order valence-electron chi connectivity index (χ4n) is 0.986. The van der Waals surface area contributed by atoms with Gasteiger partial charge in [0.2, 0.25) is 5.91 Å². The molecular weight excluding hydrogens is 164 g/mol. The van der Waals surface area contributed by atoms with Crippen molar-refractivity contribution in [3.8, 4) is 0 Å². The summed E-state index contributed by atoms with van der Waals surface area (Å²) in [4.78, 5) is 13.3. The van der Waals surface area contributed by atoms with Crippen LogP contribution in [0.1, 0.15) is 27.7 Å². The quantitative estimate of drug-likeness (QED) is 0.697. The van der Waals surface area contributed by atoms with Crippen molar-refractivity contribution in [2.24, 2.45) is 5.92 Å². The van der Waals surface area contributed by atoms with Crippen molar-refractivity contribution in [1.29, 1.82) is 0 Å². The van der Waals surface area contributed by atoms with E-state index in [1.165, 1.54) is 0 Å². The van der Waals surface area contributed by atoms with Gasteiger partial charge in [-0.2, -0.15) is 0 Å². The molecule has 78 valence electrons. The minimum Gasteiger partial charge on any atom is -0.345 e. The van der Waals surface area contributed by atoms with E-state index in [4.69, 9.17) is 0 Å². The van der Waals surface area contributed by atoms with Crippen molar-refractivity contribution < 1.29 is 4.79 Å². The molecule has 0 saturated heterocycles. The number of nitrogens with zero attached hydrogens (tertiary/aromatic N) is 1.